The number of piperidine rings is 1. The van der Waals surface area contributed by atoms with Crippen molar-refractivity contribution in [1.82, 2.24) is 35.3 Å². The summed E-state index contributed by atoms with van der Waals surface area (Å²) >= 11 is 0. The van der Waals surface area contributed by atoms with E-state index in [0.29, 0.717) is 30.3 Å². The third-order valence-corrected chi connectivity index (χ3v) is 4.60. The van der Waals surface area contributed by atoms with E-state index in [1.807, 2.05) is 24.0 Å². The first-order valence-corrected chi connectivity index (χ1v) is 8.53. The summed E-state index contributed by atoms with van der Waals surface area (Å²) in [4.78, 5) is 32.9. The summed E-state index contributed by atoms with van der Waals surface area (Å²) < 4.78 is 0. The van der Waals surface area contributed by atoms with Crippen LogP contribution in [0.2, 0.25) is 0 Å². The van der Waals surface area contributed by atoms with Gasteiger partial charge in [-0.05, 0) is 31.9 Å². The molecule has 1 atom stereocenters. The molecular weight excluding hydrogens is 334 g/mol. The second kappa shape index (κ2) is 6.58. The zero-order valence-electron chi connectivity index (χ0n) is 14.3. The van der Waals surface area contributed by atoms with Gasteiger partial charge in [-0.25, -0.2) is 14.9 Å². The summed E-state index contributed by atoms with van der Waals surface area (Å²) in [5.41, 5.74) is 1.16. The third-order valence-electron chi connectivity index (χ3n) is 4.60. The minimum absolute atomic E-state index is 0.0229. The van der Waals surface area contributed by atoms with E-state index < -0.39 is 0 Å². The minimum Gasteiger partial charge on any atom is -0.338 e. The van der Waals surface area contributed by atoms with Crippen LogP contribution >= 0.6 is 0 Å². The second-order valence-electron chi connectivity index (χ2n) is 6.48. The number of hydrogen-bond donors (Lipinski definition) is 3. The molecule has 0 spiro atoms. The third kappa shape index (κ3) is 3.15. The molecule has 3 aromatic rings. The summed E-state index contributed by atoms with van der Waals surface area (Å²) in [5, 5.41) is 13.3. The monoisotopic (exact) mass is 353 g/mol. The highest BCUT2D eigenvalue weighted by molar-refractivity contribution is 5.94. The first-order chi connectivity index (χ1) is 12.6. The zero-order valence-corrected chi connectivity index (χ0v) is 14.3. The summed E-state index contributed by atoms with van der Waals surface area (Å²) in [6.07, 6.45) is 1.77. The number of hydrogen-bond acceptors (Lipinski definition) is 5. The highest BCUT2D eigenvalue weighted by Gasteiger charge is 2.27. The van der Waals surface area contributed by atoms with E-state index in [-0.39, 0.29) is 17.5 Å². The normalized spacial score (nSPS) is 17.4. The van der Waals surface area contributed by atoms with Crippen molar-refractivity contribution in [3.63, 3.8) is 0 Å². The molecule has 1 aliphatic rings. The SMILES string of the molecule is Cc1nc(-c2ccc(C(=O)N3CCCC(c4n[nH]c(=O)[nH]4)C3)cc2)n[nH]1. The molecule has 134 valence electrons. The molecule has 0 aliphatic carbocycles. The number of nitrogens with one attached hydrogen (secondary N) is 3. The van der Waals surface area contributed by atoms with E-state index in [1.54, 1.807) is 12.1 Å². The number of aromatic nitrogens is 6. The van der Waals surface area contributed by atoms with Gasteiger partial charge in [0.2, 0.25) is 0 Å². The van der Waals surface area contributed by atoms with Crippen LogP contribution < -0.4 is 5.69 Å². The molecule has 1 aliphatic heterocycles. The van der Waals surface area contributed by atoms with Crippen LogP contribution in [0.5, 0.6) is 0 Å². The van der Waals surface area contributed by atoms with Crippen molar-refractivity contribution in [3.8, 4) is 11.4 Å². The van der Waals surface area contributed by atoms with Crippen molar-refractivity contribution < 1.29 is 4.79 Å². The van der Waals surface area contributed by atoms with Gasteiger partial charge in [0, 0.05) is 30.1 Å². The van der Waals surface area contributed by atoms with E-state index >= 15 is 0 Å². The highest BCUT2D eigenvalue weighted by atomic mass is 16.2. The number of aryl methyl sites for hydroxylation is 1. The van der Waals surface area contributed by atoms with Crippen LogP contribution in [0.25, 0.3) is 11.4 Å². The van der Waals surface area contributed by atoms with Crippen LogP contribution in [0.4, 0.5) is 0 Å². The van der Waals surface area contributed by atoms with Crippen molar-refractivity contribution in [2.24, 2.45) is 0 Å². The molecule has 1 aromatic carbocycles. The van der Waals surface area contributed by atoms with Crippen LogP contribution in [0, 0.1) is 6.92 Å². The van der Waals surface area contributed by atoms with Crippen LogP contribution in [0.1, 0.15) is 40.8 Å². The number of benzene rings is 1. The number of rotatable bonds is 3. The quantitative estimate of drug-likeness (QED) is 0.653. The molecule has 2 aromatic heterocycles. The number of carbonyl (C=O) groups excluding carboxylic acids is 1. The average Bonchev–Trinajstić information content (AvgIpc) is 3.30. The van der Waals surface area contributed by atoms with Gasteiger partial charge in [0.1, 0.15) is 11.6 Å². The van der Waals surface area contributed by atoms with Gasteiger partial charge in [-0.15, -0.1) is 0 Å². The zero-order chi connectivity index (χ0) is 18.1. The predicted molar refractivity (Wildman–Crippen MR) is 93.6 cm³/mol. The number of likely N-dealkylation sites (tertiary alicyclic amines) is 1. The van der Waals surface area contributed by atoms with Crippen molar-refractivity contribution in [2.45, 2.75) is 25.7 Å². The van der Waals surface area contributed by atoms with Gasteiger partial charge in [-0.2, -0.15) is 10.2 Å². The van der Waals surface area contributed by atoms with Crippen LogP contribution in [-0.4, -0.2) is 54.3 Å². The molecule has 1 unspecified atom stereocenters. The van der Waals surface area contributed by atoms with E-state index in [2.05, 4.69) is 30.4 Å². The van der Waals surface area contributed by atoms with Gasteiger partial charge in [-0.3, -0.25) is 14.9 Å². The van der Waals surface area contributed by atoms with Crippen molar-refractivity contribution in [2.75, 3.05) is 13.1 Å². The number of amides is 1. The smallest absolute Gasteiger partial charge is 0.338 e. The lowest BCUT2D eigenvalue weighted by Crippen LogP contribution is -2.39. The van der Waals surface area contributed by atoms with Crippen LogP contribution in [-0.2, 0) is 0 Å². The molecular formula is C17H19N7O2. The Morgan fingerprint density at radius 3 is 2.65 bits per heavy atom. The molecule has 3 N–H and O–H groups in total. The van der Waals surface area contributed by atoms with Crippen molar-refractivity contribution >= 4 is 5.91 Å². The molecule has 9 heteroatoms. The van der Waals surface area contributed by atoms with E-state index in [0.717, 1.165) is 24.2 Å². The molecule has 3 heterocycles. The Labute approximate surface area is 148 Å². The molecule has 0 bridgehead atoms. The number of nitrogens with zero attached hydrogens (tertiary/aromatic N) is 4. The van der Waals surface area contributed by atoms with Gasteiger partial charge in [0.25, 0.3) is 5.91 Å². The Balaban J connectivity index is 1.49. The van der Waals surface area contributed by atoms with Crippen molar-refractivity contribution in [1.29, 1.82) is 0 Å². The summed E-state index contributed by atoms with van der Waals surface area (Å²) in [5.74, 6) is 1.99. The Morgan fingerprint density at radius 2 is 2.00 bits per heavy atom. The highest BCUT2D eigenvalue weighted by Crippen LogP contribution is 2.25. The van der Waals surface area contributed by atoms with E-state index in [1.165, 1.54) is 0 Å². The summed E-state index contributed by atoms with van der Waals surface area (Å²) in [7, 11) is 0. The van der Waals surface area contributed by atoms with Crippen molar-refractivity contribution in [3.05, 3.63) is 52.0 Å². The van der Waals surface area contributed by atoms with Gasteiger partial charge >= 0.3 is 5.69 Å². The lowest BCUT2D eigenvalue weighted by Gasteiger charge is -2.31. The summed E-state index contributed by atoms with van der Waals surface area (Å²) in [6, 6.07) is 7.29. The average molecular weight is 353 g/mol. The minimum atomic E-state index is -0.318. The Kier molecular flexibility index (Phi) is 4.11. The lowest BCUT2D eigenvalue weighted by molar-refractivity contribution is 0.0704. The molecule has 0 radical (unpaired) electrons. The van der Waals surface area contributed by atoms with Gasteiger partial charge in [0.15, 0.2) is 5.82 Å². The maximum atomic E-state index is 12.8. The van der Waals surface area contributed by atoms with Gasteiger partial charge in [-0.1, -0.05) is 12.1 Å². The molecule has 1 amide bonds. The number of carbonyl (C=O) groups is 1. The molecule has 1 fully saturated rings. The first-order valence-electron chi connectivity index (χ1n) is 8.53. The fraction of sp³-hybridized carbons (Fsp3) is 0.353. The standard InChI is InChI=1S/C17H19N7O2/c1-10-18-14(21-20-10)11-4-6-12(7-5-11)16(25)24-8-2-3-13(9-24)15-19-17(26)23-22-15/h4-7,13H,2-3,8-9H2,1H3,(H,18,20,21)(H2,19,22,23,26). The number of aromatic amines is 3. The molecule has 1 saturated heterocycles. The first kappa shape index (κ1) is 16.2. The molecule has 9 nitrogen and oxygen atoms in total. The maximum Gasteiger partial charge on any atom is 0.340 e. The summed E-state index contributed by atoms with van der Waals surface area (Å²) in [6.45, 7) is 3.08. The molecule has 0 saturated carbocycles. The Morgan fingerprint density at radius 1 is 1.19 bits per heavy atom. The predicted octanol–water partition coefficient (Wildman–Crippen LogP) is 1.21. The fourth-order valence-electron chi connectivity index (χ4n) is 3.28. The fourth-order valence-corrected chi connectivity index (χ4v) is 3.28. The second-order valence-corrected chi connectivity index (χ2v) is 6.48. The molecule has 26 heavy (non-hydrogen) atoms. The van der Waals surface area contributed by atoms with Gasteiger partial charge in [0.05, 0.1) is 0 Å². The van der Waals surface area contributed by atoms with E-state index in [4.69, 9.17) is 0 Å². The maximum absolute atomic E-state index is 12.8. The Hall–Kier alpha value is -3.23. The largest absolute Gasteiger partial charge is 0.340 e. The Bertz CT molecular complexity index is 969. The number of H-pyrrole nitrogens is 3. The van der Waals surface area contributed by atoms with Crippen LogP contribution in [0.3, 0.4) is 0 Å². The topological polar surface area (TPSA) is 123 Å². The van der Waals surface area contributed by atoms with E-state index in [9.17, 15) is 9.59 Å². The molecule has 4 rings (SSSR count). The van der Waals surface area contributed by atoms with Crippen LogP contribution in [0.15, 0.2) is 29.1 Å². The van der Waals surface area contributed by atoms with Gasteiger partial charge < -0.3 is 4.90 Å². The lowest BCUT2D eigenvalue weighted by atomic mass is 9.96.